The van der Waals surface area contributed by atoms with Crippen LogP contribution in [0.15, 0.2) is 34.2 Å². The Morgan fingerprint density at radius 1 is 1.40 bits per heavy atom. The molecule has 1 N–H and O–H groups in total. The minimum atomic E-state index is -0.334. The predicted octanol–water partition coefficient (Wildman–Crippen LogP) is 2.19. The Balaban J connectivity index is 1.78. The molecule has 1 aliphatic rings. The van der Waals surface area contributed by atoms with Crippen LogP contribution >= 0.6 is 11.8 Å². The number of hydrogen-bond donors (Lipinski definition) is 1. The maximum absolute atomic E-state index is 13.9. The van der Waals surface area contributed by atoms with E-state index in [1.807, 2.05) is 0 Å². The quantitative estimate of drug-likeness (QED) is 0.633. The second-order valence-electron chi connectivity index (χ2n) is 6.22. The van der Waals surface area contributed by atoms with Gasteiger partial charge < -0.3 is 5.32 Å². The average Bonchev–Trinajstić information content (AvgIpc) is 3.39. The van der Waals surface area contributed by atoms with Gasteiger partial charge >= 0.3 is 0 Å². The lowest BCUT2D eigenvalue weighted by atomic mass is 10.0. The van der Waals surface area contributed by atoms with Gasteiger partial charge in [-0.15, -0.1) is 0 Å². The van der Waals surface area contributed by atoms with Gasteiger partial charge in [-0.3, -0.25) is 14.2 Å². The van der Waals surface area contributed by atoms with E-state index in [9.17, 15) is 14.0 Å². The monoisotopic (exact) mass is 361 g/mol. The van der Waals surface area contributed by atoms with Crippen molar-refractivity contribution >= 4 is 17.7 Å². The standard InChI is InChI=1S/C18H20FN3O2S/c1-11-14(9-12-5-3-4-6-15(12)19)17(24)22(2)18(20-11)25-10-16(23)21-13-7-8-13/h3-6,13H,7-10H2,1-2H3,(H,21,23). The van der Waals surface area contributed by atoms with Gasteiger partial charge in [0.15, 0.2) is 5.16 Å². The molecule has 2 aromatic rings. The summed E-state index contributed by atoms with van der Waals surface area (Å²) in [5.41, 5.74) is 1.30. The van der Waals surface area contributed by atoms with Gasteiger partial charge in [0, 0.05) is 30.8 Å². The summed E-state index contributed by atoms with van der Waals surface area (Å²) < 4.78 is 15.3. The third-order valence-corrected chi connectivity index (χ3v) is 5.18. The maximum Gasteiger partial charge on any atom is 0.257 e. The molecule has 0 unspecified atom stereocenters. The summed E-state index contributed by atoms with van der Waals surface area (Å²) in [6.07, 6.45) is 2.28. The summed E-state index contributed by atoms with van der Waals surface area (Å²) >= 11 is 1.24. The summed E-state index contributed by atoms with van der Waals surface area (Å²) in [6.45, 7) is 1.74. The Hall–Kier alpha value is -2.15. The lowest BCUT2D eigenvalue weighted by Gasteiger charge is -2.12. The lowest BCUT2D eigenvalue weighted by molar-refractivity contribution is -0.118. The van der Waals surface area contributed by atoms with Crippen LogP contribution in [-0.4, -0.2) is 27.3 Å². The number of aromatic nitrogens is 2. The highest BCUT2D eigenvalue weighted by Gasteiger charge is 2.23. The third-order valence-electron chi connectivity index (χ3n) is 4.15. The van der Waals surface area contributed by atoms with Gasteiger partial charge in [0.1, 0.15) is 5.82 Å². The number of benzene rings is 1. The zero-order valence-corrected chi connectivity index (χ0v) is 15.0. The highest BCUT2D eigenvalue weighted by molar-refractivity contribution is 7.99. The van der Waals surface area contributed by atoms with Crippen LogP contribution < -0.4 is 10.9 Å². The second-order valence-corrected chi connectivity index (χ2v) is 7.16. The Labute approximate surface area is 149 Å². The van der Waals surface area contributed by atoms with Crippen LogP contribution in [0.3, 0.4) is 0 Å². The molecule has 0 spiro atoms. The molecule has 1 saturated carbocycles. The lowest BCUT2D eigenvalue weighted by Crippen LogP contribution is -2.29. The average molecular weight is 361 g/mol. The molecule has 3 rings (SSSR count). The molecule has 25 heavy (non-hydrogen) atoms. The van der Waals surface area contributed by atoms with E-state index in [-0.39, 0.29) is 29.5 Å². The Morgan fingerprint density at radius 2 is 2.12 bits per heavy atom. The van der Waals surface area contributed by atoms with Gasteiger partial charge in [0.25, 0.3) is 5.56 Å². The molecule has 0 bridgehead atoms. The van der Waals surface area contributed by atoms with E-state index in [1.165, 1.54) is 22.4 Å². The summed E-state index contributed by atoms with van der Waals surface area (Å²) in [5.74, 6) is -0.155. The summed E-state index contributed by atoms with van der Waals surface area (Å²) in [5, 5.41) is 3.40. The van der Waals surface area contributed by atoms with Crippen LogP contribution in [0.1, 0.15) is 29.7 Å². The molecule has 1 aliphatic carbocycles. The number of carbonyl (C=O) groups is 1. The number of aryl methyl sites for hydroxylation is 1. The highest BCUT2D eigenvalue weighted by atomic mass is 32.2. The number of nitrogens with zero attached hydrogens (tertiary/aromatic N) is 2. The van der Waals surface area contributed by atoms with Crippen molar-refractivity contribution in [3.05, 3.63) is 57.3 Å². The van der Waals surface area contributed by atoms with Crippen molar-refractivity contribution in [3.63, 3.8) is 0 Å². The fourth-order valence-electron chi connectivity index (χ4n) is 2.52. The van der Waals surface area contributed by atoms with E-state index in [1.54, 1.807) is 32.2 Å². The van der Waals surface area contributed by atoms with Crippen LogP contribution in [0.4, 0.5) is 4.39 Å². The SMILES string of the molecule is Cc1nc(SCC(=O)NC2CC2)n(C)c(=O)c1Cc1ccccc1F. The molecule has 1 aromatic heterocycles. The minimum Gasteiger partial charge on any atom is -0.353 e. The molecule has 0 aliphatic heterocycles. The van der Waals surface area contributed by atoms with E-state index in [4.69, 9.17) is 0 Å². The smallest absolute Gasteiger partial charge is 0.257 e. The molecule has 0 saturated heterocycles. The van der Waals surface area contributed by atoms with E-state index in [2.05, 4.69) is 10.3 Å². The van der Waals surface area contributed by atoms with E-state index in [0.717, 1.165) is 12.8 Å². The zero-order chi connectivity index (χ0) is 18.0. The molecule has 1 fully saturated rings. The minimum absolute atomic E-state index is 0.0464. The van der Waals surface area contributed by atoms with Gasteiger partial charge in [-0.1, -0.05) is 30.0 Å². The maximum atomic E-state index is 13.9. The number of carbonyl (C=O) groups excluding carboxylic acids is 1. The first-order chi connectivity index (χ1) is 12.0. The number of hydrogen-bond acceptors (Lipinski definition) is 4. The van der Waals surface area contributed by atoms with Crippen molar-refractivity contribution in [1.29, 1.82) is 0 Å². The molecular weight excluding hydrogens is 341 g/mol. The molecule has 7 heteroatoms. The first-order valence-corrected chi connectivity index (χ1v) is 9.16. The van der Waals surface area contributed by atoms with Gasteiger partial charge in [-0.05, 0) is 31.4 Å². The molecule has 1 aromatic carbocycles. The molecule has 132 valence electrons. The van der Waals surface area contributed by atoms with Crippen molar-refractivity contribution in [2.45, 2.75) is 37.4 Å². The van der Waals surface area contributed by atoms with E-state index in [0.29, 0.717) is 28.0 Å². The molecule has 1 heterocycles. The van der Waals surface area contributed by atoms with Crippen molar-refractivity contribution in [2.75, 3.05) is 5.75 Å². The van der Waals surface area contributed by atoms with Gasteiger partial charge in [0.05, 0.1) is 5.75 Å². The zero-order valence-electron chi connectivity index (χ0n) is 14.2. The van der Waals surface area contributed by atoms with Crippen molar-refractivity contribution < 1.29 is 9.18 Å². The Morgan fingerprint density at radius 3 is 2.80 bits per heavy atom. The molecule has 0 atom stereocenters. The Kier molecular flexibility index (Phi) is 5.22. The van der Waals surface area contributed by atoms with Gasteiger partial charge in [-0.2, -0.15) is 0 Å². The fourth-order valence-corrected chi connectivity index (χ4v) is 3.34. The molecular formula is C18H20FN3O2S. The van der Waals surface area contributed by atoms with Gasteiger partial charge in [0.2, 0.25) is 5.91 Å². The van der Waals surface area contributed by atoms with E-state index >= 15 is 0 Å². The fraction of sp³-hybridized carbons (Fsp3) is 0.389. The third kappa shape index (κ3) is 4.28. The first-order valence-electron chi connectivity index (χ1n) is 8.17. The normalized spacial score (nSPS) is 13.7. The molecule has 1 amide bonds. The number of nitrogens with one attached hydrogen (secondary N) is 1. The number of thioether (sulfide) groups is 1. The van der Waals surface area contributed by atoms with Gasteiger partial charge in [-0.25, -0.2) is 9.37 Å². The van der Waals surface area contributed by atoms with Crippen molar-refractivity contribution in [3.8, 4) is 0 Å². The van der Waals surface area contributed by atoms with Crippen LogP contribution in [0, 0.1) is 12.7 Å². The summed E-state index contributed by atoms with van der Waals surface area (Å²) in [4.78, 5) is 28.9. The number of amides is 1. The summed E-state index contributed by atoms with van der Waals surface area (Å²) in [6, 6.07) is 6.72. The predicted molar refractivity (Wildman–Crippen MR) is 95.3 cm³/mol. The van der Waals surface area contributed by atoms with Crippen LogP contribution in [0.2, 0.25) is 0 Å². The van der Waals surface area contributed by atoms with Crippen LogP contribution in [-0.2, 0) is 18.3 Å². The van der Waals surface area contributed by atoms with Crippen LogP contribution in [0.25, 0.3) is 0 Å². The van der Waals surface area contributed by atoms with E-state index < -0.39 is 0 Å². The summed E-state index contributed by atoms with van der Waals surface area (Å²) in [7, 11) is 1.63. The highest BCUT2D eigenvalue weighted by Crippen LogP contribution is 2.20. The second kappa shape index (κ2) is 7.39. The number of rotatable bonds is 6. The Bertz CT molecular complexity index is 862. The number of halogens is 1. The van der Waals surface area contributed by atoms with Crippen molar-refractivity contribution in [1.82, 2.24) is 14.9 Å². The first kappa shape index (κ1) is 17.7. The van der Waals surface area contributed by atoms with Crippen molar-refractivity contribution in [2.24, 2.45) is 7.05 Å². The molecule has 0 radical (unpaired) electrons. The largest absolute Gasteiger partial charge is 0.353 e. The topological polar surface area (TPSA) is 64.0 Å². The molecule has 5 nitrogen and oxygen atoms in total. The van der Waals surface area contributed by atoms with Crippen LogP contribution in [0.5, 0.6) is 0 Å².